The van der Waals surface area contributed by atoms with Crippen molar-refractivity contribution in [1.82, 2.24) is 14.9 Å². The van der Waals surface area contributed by atoms with Gasteiger partial charge in [0.1, 0.15) is 6.04 Å². The van der Waals surface area contributed by atoms with E-state index in [-0.39, 0.29) is 17.9 Å². The predicted octanol–water partition coefficient (Wildman–Crippen LogP) is 3.47. The Morgan fingerprint density at radius 3 is 2.34 bits per heavy atom. The zero-order chi connectivity index (χ0) is 21.6. The second kappa shape index (κ2) is 9.47. The van der Waals surface area contributed by atoms with Crippen LogP contribution in [0.3, 0.4) is 0 Å². The zero-order valence-electron chi connectivity index (χ0n) is 16.1. The fourth-order valence-corrected chi connectivity index (χ4v) is 3.18. The van der Waals surface area contributed by atoms with E-state index in [9.17, 15) is 18.0 Å². The summed E-state index contributed by atoms with van der Waals surface area (Å²) < 4.78 is 42.1. The molecule has 1 amide bonds. The lowest BCUT2D eigenvalue weighted by molar-refractivity contribution is -0.192. The van der Waals surface area contributed by atoms with Crippen LogP contribution in [0.4, 0.5) is 13.2 Å². The fourth-order valence-electron chi connectivity index (χ4n) is 3.18. The number of benzene rings is 1. The largest absolute Gasteiger partial charge is 0.408 e. The number of nitrogens with zero attached hydrogens (tertiary/aromatic N) is 4. The smallest absolute Gasteiger partial charge is 0.368 e. The van der Waals surface area contributed by atoms with E-state index in [0.717, 1.165) is 4.90 Å². The summed E-state index contributed by atoms with van der Waals surface area (Å²) in [5.41, 5.74) is 6.44. The number of carbonyl (C=O) groups excluding carboxylic acids is 1. The zero-order valence-corrected chi connectivity index (χ0v) is 16.1. The van der Waals surface area contributed by atoms with E-state index in [2.05, 4.69) is 9.97 Å². The van der Waals surface area contributed by atoms with Gasteiger partial charge in [-0.2, -0.15) is 18.4 Å². The average molecular weight is 405 g/mol. The van der Waals surface area contributed by atoms with E-state index < -0.39 is 30.7 Å². The number of primary amides is 1. The lowest BCUT2D eigenvalue weighted by Gasteiger charge is -2.37. The first-order valence-corrected chi connectivity index (χ1v) is 9.00. The van der Waals surface area contributed by atoms with Gasteiger partial charge in [0, 0.05) is 18.0 Å². The highest BCUT2D eigenvalue weighted by Crippen LogP contribution is 2.40. The van der Waals surface area contributed by atoms with Gasteiger partial charge in [0.2, 0.25) is 5.91 Å². The van der Waals surface area contributed by atoms with Gasteiger partial charge in [-0.05, 0) is 17.9 Å². The van der Waals surface area contributed by atoms with Gasteiger partial charge in [0.05, 0.1) is 30.5 Å². The molecule has 0 aliphatic heterocycles. The maximum absolute atomic E-state index is 14.0. The van der Waals surface area contributed by atoms with Crippen molar-refractivity contribution in [3.8, 4) is 17.3 Å². The van der Waals surface area contributed by atoms with Crippen molar-refractivity contribution in [3.05, 3.63) is 48.4 Å². The van der Waals surface area contributed by atoms with E-state index in [4.69, 9.17) is 11.0 Å². The van der Waals surface area contributed by atoms with Crippen LogP contribution in [0.1, 0.15) is 31.9 Å². The number of amides is 1. The molecule has 2 rings (SSSR count). The van der Waals surface area contributed by atoms with Crippen molar-refractivity contribution >= 4 is 5.91 Å². The third-order valence-electron chi connectivity index (χ3n) is 4.40. The third kappa shape index (κ3) is 5.74. The number of nitriles is 1. The molecule has 1 aromatic carbocycles. The minimum atomic E-state index is -4.71. The molecule has 2 aromatic rings. The third-order valence-corrected chi connectivity index (χ3v) is 4.40. The number of hydrogen-bond donors (Lipinski definition) is 1. The summed E-state index contributed by atoms with van der Waals surface area (Å²) in [4.78, 5) is 20.8. The second-order valence-electron chi connectivity index (χ2n) is 7.03. The van der Waals surface area contributed by atoms with E-state index in [0.29, 0.717) is 11.3 Å². The van der Waals surface area contributed by atoms with E-state index in [1.165, 1.54) is 42.9 Å². The van der Waals surface area contributed by atoms with Crippen LogP contribution in [0.2, 0.25) is 0 Å². The fraction of sp³-hybridized carbons (Fsp3) is 0.400. The predicted molar refractivity (Wildman–Crippen MR) is 101 cm³/mol. The molecule has 154 valence electrons. The molecule has 1 heterocycles. The van der Waals surface area contributed by atoms with Crippen molar-refractivity contribution in [2.75, 3.05) is 6.54 Å². The molecule has 2 N–H and O–H groups in total. The maximum atomic E-state index is 14.0. The van der Waals surface area contributed by atoms with Crippen LogP contribution >= 0.6 is 0 Å². The van der Waals surface area contributed by atoms with Gasteiger partial charge in [-0.3, -0.25) is 19.7 Å². The number of rotatable bonds is 8. The first-order valence-electron chi connectivity index (χ1n) is 9.00. The lowest BCUT2D eigenvalue weighted by Crippen LogP contribution is -2.51. The Bertz CT molecular complexity index is 847. The Labute approximate surface area is 167 Å². The normalized spacial score (nSPS) is 13.9. The molecule has 0 unspecified atom stereocenters. The van der Waals surface area contributed by atoms with Gasteiger partial charge in [-0.15, -0.1) is 0 Å². The summed E-state index contributed by atoms with van der Waals surface area (Å²) in [5, 5.41) is 9.13. The number of aromatic nitrogens is 2. The van der Waals surface area contributed by atoms with E-state index in [1.807, 2.05) is 0 Å². The SMILES string of the molecule is CC(C)C[C@@H](C(N)=O)N(CC#N)[C@@H](c1ccc(-c2cnccn2)cc1)C(F)(F)F. The summed E-state index contributed by atoms with van der Waals surface area (Å²) >= 11 is 0. The molecule has 0 bridgehead atoms. The Kier molecular flexibility index (Phi) is 7.29. The summed E-state index contributed by atoms with van der Waals surface area (Å²) in [6, 6.07) is 4.02. The molecular formula is C20H22F3N5O. The van der Waals surface area contributed by atoms with E-state index in [1.54, 1.807) is 19.9 Å². The minimum absolute atomic E-state index is 0.0818. The molecule has 0 saturated heterocycles. The van der Waals surface area contributed by atoms with Crippen molar-refractivity contribution < 1.29 is 18.0 Å². The van der Waals surface area contributed by atoms with Gasteiger partial charge in [0.25, 0.3) is 0 Å². The van der Waals surface area contributed by atoms with Crippen LogP contribution in [0.15, 0.2) is 42.9 Å². The number of nitrogens with two attached hydrogens (primary N) is 1. The molecule has 9 heteroatoms. The highest BCUT2D eigenvalue weighted by molar-refractivity contribution is 5.80. The summed E-state index contributed by atoms with van der Waals surface area (Å²) in [6.07, 6.45) is -0.114. The molecule has 0 saturated carbocycles. The standard InChI is InChI=1S/C20H22F3N5O/c1-13(2)11-17(19(25)29)28(10-7-24)18(20(21,22)23)15-5-3-14(4-6-15)16-12-26-8-9-27-16/h3-6,8-9,12-13,17-18H,10-11H2,1-2H3,(H2,25,29)/t17-,18-/m0/s1. The van der Waals surface area contributed by atoms with Crippen molar-refractivity contribution in [2.24, 2.45) is 11.7 Å². The van der Waals surface area contributed by atoms with E-state index >= 15 is 0 Å². The number of carbonyl (C=O) groups is 1. The maximum Gasteiger partial charge on any atom is 0.408 e. The Morgan fingerprint density at radius 2 is 1.90 bits per heavy atom. The number of alkyl halides is 3. The summed E-state index contributed by atoms with van der Waals surface area (Å²) in [5.74, 6) is -0.971. The molecule has 2 atom stereocenters. The van der Waals surface area contributed by atoms with Gasteiger partial charge < -0.3 is 5.73 Å². The monoisotopic (exact) mass is 405 g/mol. The topological polar surface area (TPSA) is 95.9 Å². The minimum Gasteiger partial charge on any atom is -0.368 e. The molecule has 0 spiro atoms. The molecular weight excluding hydrogens is 383 g/mol. The van der Waals surface area contributed by atoms with Crippen LogP contribution in [0.5, 0.6) is 0 Å². The lowest BCUT2D eigenvalue weighted by atomic mass is 9.96. The molecule has 0 radical (unpaired) electrons. The van der Waals surface area contributed by atoms with Crippen LogP contribution in [0, 0.1) is 17.2 Å². The first kappa shape index (κ1) is 22.3. The van der Waals surface area contributed by atoms with Gasteiger partial charge in [-0.25, -0.2) is 0 Å². The van der Waals surface area contributed by atoms with Crippen LogP contribution in [-0.4, -0.2) is 39.5 Å². The Hall–Kier alpha value is -2.99. The van der Waals surface area contributed by atoms with Gasteiger partial charge >= 0.3 is 6.18 Å². The highest BCUT2D eigenvalue weighted by atomic mass is 19.4. The Balaban J connectivity index is 2.48. The summed E-state index contributed by atoms with van der Waals surface area (Å²) in [7, 11) is 0. The van der Waals surface area contributed by atoms with Gasteiger partial charge in [-0.1, -0.05) is 38.1 Å². The first-order chi connectivity index (χ1) is 13.6. The van der Waals surface area contributed by atoms with Crippen LogP contribution < -0.4 is 5.73 Å². The molecule has 0 aliphatic carbocycles. The Morgan fingerprint density at radius 1 is 1.24 bits per heavy atom. The number of hydrogen-bond acceptors (Lipinski definition) is 5. The van der Waals surface area contributed by atoms with Crippen LogP contribution in [-0.2, 0) is 4.79 Å². The van der Waals surface area contributed by atoms with Crippen LogP contribution in [0.25, 0.3) is 11.3 Å². The average Bonchev–Trinajstić information content (AvgIpc) is 2.66. The highest BCUT2D eigenvalue weighted by Gasteiger charge is 2.47. The molecule has 0 aliphatic rings. The van der Waals surface area contributed by atoms with Crippen molar-refractivity contribution in [2.45, 2.75) is 38.5 Å². The molecule has 0 fully saturated rings. The second-order valence-corrected chi connectivity index (χ2v) is 7.03. The number of halogens is 3. The summed E-state index contributed by atoms with van der Waals surface area (Å²) in [6.45, 7) is 2.97. The van der Waals surface area contributed by atoms with Crippen molar-refractivity contribution in [1.29, 1.82) is 5.26 Å². The van der Waals surface area contributed by atoms with Crippen molar-refractivity contribution in [3.63, 3.8) is 0 Å². The molecule has 1 aromatic heterocycles. The molecule has 29 heavy (non-hydrogen) atoms. The molecule has 6 nitrogen and oxygen atoms in total. The van der Waals surface area contributed by atoms with Gasteiger partial charge in [0.15, 0.2) is 0 Å². The quantitative estimate of drug-likeness (QED) is 0.679.